The quantitative estimate of drug-likeness (QED) is 0.0227. The molecular formula is C38H40O20S4. The van der Waals surface area contributed by atoms with E-state index in [0.29, 0.717) is 5.57 Å². The first kappa shape index (κ1) is 52.3. The number of rotatable bonds is 21. The normalized spacial score (nSPS) is 11.5. The van der Waals surface area contributed by atoms with Gasteiger partial charge in [-0.25, -0.2) is 19.2 Å². The van der Waals surface area contributed by atoms with E-state index in [1.807, 2.05) is 12.1 Å². The van der Waals surface area contributed by atoms with E-state index in [2.05, 4.69) is 9.47 Å². The van der Waals surface area contributed by atoms with Crippen molar-refractivity contribution in [3.63, 3.8) is 0 Å². The van der Waals surface area contributed by atoms with Gasteiger partial charge in [0.1, 0.15) is 60.6 Å². The van der Waals surface area contributed by atoms with E-state index < -0.39 is 125 Å². The summed E-state index contributed by atoms with van der Waals surface area (Å²) in [5, 5.41) is 0. The maximum absolute atomic E-state index is 12.5. The van der Waals surface area contributed by atoms with Crippen LogP contribution in [0.2, 0.25) is 0 Å². The molecular weight excluding hydrogens is 905 g/mol. The minimum absolute atomic E-state index is 0.621. The summed E-state index contributed by atoms with van der Waals surface area (Å²) in [6.45, 7) is -2.89. The average molecular weight is 945 g/mol. The molecule has 3 aromatic carbocycles. The van der Waals surface area contributed by atoms with Gasteiger partial charge in [-0.3, -0.25) is 18.2 Å². The Morgan fingerprint density at radius 1 is 0.419 bits per heavy atom. The molecule has 4 N–H and O–H groups in total. The lowest BCUT2D eigenvalue weighted by molar-refractivity contribution is -0.148. The second kappa shape index (κ2) is 25.2. The second-order valence-corrected chi connectivity index (χ2v) is 18.2. The number of carbonyl (C=O) groups excluding carboxylic acids is 4. The Morgan fingerprint density at radius 2 is 0.710 bits per heavy atom. The molecule has 0 bridgehead atoms. The van der Waals surface area contributed by atoms with Crippen LogP contribution in [0.3, 0.4) is 0 Å². The van der Waals surface area contributed by atoms with Crippen LogP contribution >= 0.6 is 0 Å². The third kappa shape index (κ3) is 23.2. The number of carbonyl (C=O) groups is 4. The van der Waals surface area contributed by atoms with Gasteiger partial charge in [0.15, 0.2) is 0 Å². The van der Waals surface area contributed by atoms with Crippen molar-refractivity contribution < 1.29 is 90.0 Å². The predicted molar refractivity (Wildman–Crippen MR) is 221 cm³/mol. The number of hydrogen-bond acceptors (Lipinski definition) is 16. The molecule has 3 aromatic rings. The fourth-order valence-electron chi connectivity index (χ4n) is 4.29. The first-order valence-corrected chi connectivity index (χ1v) is 23.8. The molecule has 0 heterocycles. The van der Waals surface area contributed by atoms with E-state index >= 15 is 0 Å². The van der Waals surface area contributed by atoms with Crippen LogP contribution in [0.1, 0.15) is 16.7 Å². The fourth-order valence-corrected chi connectivity index (χ4v) is 5.47. The van der Waals surface area contributed by atoms with Crippen molar-refractivity contribution in [1.29, 1.82) is 0 Å². The highest BCUT2D eigenvalue weighted by atomic mass is 32.2. The topological polar surface area (TPSA) is 323 Å². The van der Waals surface area contributed by atoms with Crippen LogP contribution in [-0.2, 0) is 78.6 Å². The van der Waals surface area contributed by atoms with Crippen molar-refractivity contribution in [2.24, 2.45) is 0 Å². The number of hydrogen-bond donors (Lipinski definition) is 4. The van der Waals surface area contributed by atoms with Gasteiger partial charge >= 0.3 is 23.9 Å². The van der Waals surface area contributed by atoms with Gasteiger partial charge in [0.05, 0.1) is 0 Å². The summed E-state index contributed by atoms with van der Waals surface area (Å²) in [6.07, 6.45) is 6.48. The van der Waals surface area contributed by atoms with Crippen LogP contribution in [0.15, 0.2) is 126 Å². The molecule has 0 amide bonds. The smallest absolute Gasteiger partial charge is 0.345 e. The number of allylic oxidation sites excluding steroid dienone is 4. The van der Waals surface area contributed by atoms with Crippen molar-refractivity contribution >= 4 is 76.0 Å². The Kier molecular flexibility index (Phi) is 21.2. The number of benzene rings is 3. The molecule has 0 atom stereocenters. The fraction of sp³-hybridized carbons (Fsp3) is 0.211. The SMILES string of the molecule is O=C(OCCS(=O)(=O)O)C(=C/C=C/c1ccccc1)C(=O)OCCS(=O)(=O)O.O=C(OCCS(=O)(=O)O)C(=CC=C(c1ccccc1)c1ccccc1)C(=O)OCCS(=O)(=O)O. The van der Waals surface area contributed by atoms with Crippen LogP contribution in [0, 0.1) is 0 Å². The highest BCUT2D eigenvalue weighted by molar-refractivity contribution is 7.86. The highest BCUT2D eigenvalue weighted by Crippen LogP contribution is 2.24. The summed E-state index contributed by atoms with van der Waals surface area (Å²) >= 11 is 0. The van der Waals surface area contributed by atoms with Crippen molar-refractivity contribution in [1.82, 2.24) is 0 Å². The van der Waals surface area contributed by atoms with Crippen LogP contribution in [-0.4, -0.2) is 125 Å². The standard InChI is InChI=1S/C22H22O10S2.C16H18O10S2/c23-21(31-13-15-33(25,26)27)20(22(24)32-14-16-34(28,29)30)12-11-19(17-7-3-1-4-8-17)18-9-5-2-6-10-18;17-15(25-9-11-27(19,20)21)14(16(18)26-10-12-28(22,23)24)8-4-7-13-5-2-1-3-6-13/h1-12H,13-16H2,(H,25,26,27)(H,28,29,30);1-8H,9-12H2,(H,19,20,21)(H,22,23,24)/b;7-4+. The lowest BCUT2D eigenvalue weighted by atomic mass is 9.97. The third-order valence-corrected chi connectivity index (χ3v) is 9.85. The molecule has 0 aromatic heterocycles. The number of esters is 4. The van der Waals surface area contributed by atoms with Crippen molar-refractivity contribution in [2.45, 2.75) is 0 Å². The Hall–Kier alpha value is -5.86. The Morgan fingerprint density at radius 3 is 1.02 bits per heavy atom. The molecule has 0 unspecified atom stereocenters. The summed E-state index contributed by atoms with van der Waals surface area (Å²) < 4.78 is 139. The maximum Gasteiger partial charge on any atom is 0.345 e. The molecule has 62 heavy (non-hydrogen) atoms. The van der Waals surface area contributed by atoms with Crippen LogP contribution < -0.4 is 0 Å². The zero-order chi connectivity index (χ0) is 46.4. The van der Waals surface area contributed by atoms with Crippen molar-refractivity contribution in [2.75, 3.05) is 49.4 Å². The van der Waals surface area contributed by atoms with E-state index in [1.165, 1.54) is 12.2 Å². The van der Waals surface area contributed by atoms with Crippen LogP contribution in [0.4, 0.5) is 0 Å². The van der Waals surface area contributed by atoms with E-state index in [4.69, 9.17) is 27.7 Å². The van der Waals surface area contributed by atoms with Gasteiger partial charge in [0, 0.05) is 0 Å². The molecule has 0 saturated heterocycles. The third-order valence-electron chi connectivity index (χ3n) is 7.11. The van der Waals surface area contributed by atoms with Gasteiger partial charge in [-0.2, -0.15) is 33.7 Å². The summed E-state index contributed by atoms with van der Waals surface area (Å²) in [5.41, 5.74) is 1.58. The second-order valence-electron chi connectivity index (χ2n) is 11.9. The molecule has 3 rings (SSSR count). The van der Waals surface area contributed by atoms with Crippen molar-refractivity contribution in [3.8, 4) is 0 Å². The van der Waals surface area contributed by atoms with E-state index in [0.717, 1.165) is 28.8 Å². The lowest BCUT2D eigenvalue weighted by Crippen LogP contribution is -2.23. The molecule has 0 aliphatic rings. The predicted octanol–water partition coefficient (Wildman–Crippen LogP) is 2.39. The largest absolute Gasteiger partial charge is 0.461 e. The van der Waals surface area contributed by atoms with E-state index in [-0.39, 0.29) is 0 Å². The van der Waals surface area contributed by atoms with E-state index in [9.17, 15) is 52.8 Å². The Bertz CT molecular complexity index is 2420. The molecule has 336 valence electrons. The highest BCUT2D eigenvalue weighted by Gasteiger charge is 2.24. The van der Waals surface area contributed by atoms with Crippen LogP contribution in [0.25, 0.3) is 11.6 Å². The summed E-state index contributed by atoms with van der Waals surface area (Å²) in [4.78, 5) is 48.9. The molecule has 0 aliphatic carbocycles. The summed E-state index contributed by atoms with van der Waals surface area (Å²) in [6, 6.07) is 26.8. The molecule has 0 saturated carbocycles. The van der Waals surface area contributed by atoms with Gasteiger partial charge in [-0.15, -0.1) is 0 Å². The molecule has 24 heteroatoms. The minimum atomic E-state index is -4.41. The first-order chi connectivity index (χ1) is 28.9. The van der Waals surface area contributed by atoms with Gasteiger partial charge in [-0.1, -0.05) is 109 Å². The van der Waals surface area contributed by atoms with Crippen LogP contribution in [0.5, 0.6) is 0 Å². The molecule has 0 fully saturated rings. The minimum Gasteiger partial charge on any atom is -0.461 e. The molecule has 0 aliphatic heterocycles. The summed E-state index contributed by atoms with van der Waals surface area (Å²) in [7, 11) is -17.6. The zero-order valence-corrected chi connectivity index (χ0v) is 35.4. The van der Waals surface area contributed by atoms with Gasteiger partial charge in [0.2, 0.25) is 0 Å². The number of ether oxygens (including phenoxy) is 4. The zero-order valence-electron chi connectivity index (χ0n) is 32.2. The van der Waals surface area contributed by atoms with Crippen molar-refractivity contribution in [3.05, 3.63) is 143 Å². The van der Waals surface area contributed by atoms with E-state index in [1.54, 1.807) is 84.9 Å². The molecule has 0 spiro atoms. The van der Waals surface area contributed by atoms with Gasteiger partial charge < -0.3 is 18.9 Å². The van der Waals surface area contributed by atoms with Gasteiger partial charge in [-0.05, 0) is 34.4 Å². The maximum atomic E-state index is 12.5. The molecule has 20 nitrogen and oxygen atoms in total. The Labute approximate surface area is 357 Å². The first-order valence-electron chi connectivity index (χ1n) is 17.4. The lowest BCUT2D eigenvalue weighted by Gasteiger charge is -2.10. The monoisotopic (exact) mass is 944 g/mol. The average Bonchev–Trinajstić information content (AvgIpc) is 3.17. The summed E-state index contributed by atoms with van der Waals surface area (Å²) in [5.74, 6) is -8.50. The van der Waals surface area contributed by atoms with Gasteiger partial charge in [0.25, 0.3) is 40.5 Å². The Balaban J connectivity index is 0.000000435. The molecule has 0 radical (unpaired) electrons.